The van der Waals surface area contributed by atoms with Gasteiger partial charge in [0.1, 0.15) is 0 Å². The Hall–Kier alpha value is -0.870. The topological polar surface area (TPSA) is 46.5 Å². The smallest absolute Gasteiger partial charge is 0.334 e. The van der Waals surface area contributed by atoms with Crippen LogP contribution in [0, 0.1) is 0 Å². The number of carbonyl (C=O) groups is 1. The number of aryl methyl sites for hydroxylation is 1. The van der Waals surface area contributed by atoms with Crippen LogP contribution < -0.4 is 0 Å². The van der Waals surface area contributed by atoms with Gasteiger partial charge in [0, 0.05) is 4.88 Å². The largest absolute Gasteiger partial charge is 0.464 e. The van der Waals surface area contributed by atoms with Crippen LogP contribution in [0.3, 0.4) is 0 Å². The highest BCUT2D eigenvalue weighted by atomic mass is 32.1. The van der Waals surface area contributed by atoms with Crippen molar-refractivity contribution in [1.29, 1.82) is 0 Å². The van der Waals surface area contributed by atoms with Gasteiger partial charge in [0.15, 0.2) is 6.10 Å². The molecule has 0 aromatic carbocycles. The second-order valence-electron chi connectivity index (χ2n) is 2.89. The van der Waals surface area contributed by atoms with Crippen LogP contribution in [-0.4, -0.2) is 23.8 Å². The van der Waals surface area contributed by atoms with Gasteiger partial charge in [-0.1, -0.05) is 6.07 Å². The molecule has 1 rings (SSSR count). The summed E-state index contributed by atoms with van der Waals surface area (Å²) in [5.41, 5.74) is 0. The van der Waals surface area contributed by atoms with Gasteiger partial charge in [0.2, 0.25) is 0 Å². The number of esters is 1. The van der Waals surface area contributed by atoms with E-state index in [1.807, 2.05) is 17.5 Å². The number of hydrogen-bond donors (Lipinski definition) is 1. The maximum atomic E-state index is 11.0. The summed E-state index contributed by atoms with van der Waals surface area (Å²) in [4.78, 5) is 12.2. The van der Waals surface area contributed by atoms with E-state index in [1.54, 1.807) is 18.3 Å². The molecular formula is C10H14O3S. The average molecular weight is 214 g/mol. The second kappa shape index (κ2) is 5.78. The van der Waals surface area contributed by atoms with E-state index < -0.39 is 12.1 Å². The molecular weight excluding hydrogens is 200 g/mol. The lowest BCUT2D eigenvalue weighted by Crippen LogP contribution is -2.23. The molecule has 0 aliphatic heterocycles. The van der Waals surface area contributed by atoms with Crippen LogP contribution in [0.15, 0.2) is 17.5 Å². The van der Waals surface area contributed by atoms with Crippen LogP contribution in [0.2, 0.25) is 0 Å². The zero-order chi connectivity index (χ0) is 10.4. The molecule has 78 valence electrons. The fourth-order valence-corrected chi connectivity index (χ4v) is 1.81. The van der Waals surface area contributed by atoms with Gasteiger partial charge >= 0.3 is 5.97 Å². The summed E-state index contributed by atoms with van der Waals surface area (Å²) in [5, 5.41) is 11.4. The van der Waals surface area contributed by atoms with Gasteiger partial charge in [0.25, 0.3) is 0 Å². The molecule has 0 saturated heterocycles. The van der Waals surface area contributed by atoms with Crippen LogP contribution in [0.1, 0.15) is 18.2 Å². The maximum absolute atomic E-state index is 11.0. The molecule has 0 aliphatic rings. The minimum absolute atomic E-state index is 0.314. The number of aliphatic hydroxyl groups is 1. The van der Waals surface area contributed by atoms with Gasteiger partial charge in [-0.15, -0.1) is 11.3 Å². The molecule has 1 unspecified atom stereocenters. The van der Waals surface area contributed by atoms with Crippen LogP contribution in [-0.2, 0) is 16.0 Å². The minimum atomic E-state index is -0.989. The first-order chi connectivity index (χ1) is 6.74. The fraction of sp³-hybridized carbons (Fsp3) is 0.500. The van der Waals surface area contributed by atoms with Crippen molar-refractivity contribution in [3.63, 3.8) is 0 Å². The lowest BCUT2D eigenvalue weighted by Gasteiger charge is -2.08. The summed E-state index contributed by atoms with van der Waals surface area (Å²) in [7, 11) is 0. The molecule has 0 spiro atoms. The minimum Gasteiger partial charge on any atom is -0.464 e. The highest BCUT2D eigenvalue weighted by molar-refractivity contribution is 7.09. The first kappa shape index (κ1) is 11.2. The van der Waals surface area contributed by atoms with Crippen molar-refractivity contribution in [2.75, 3.05) is 6.61 Å². The van der Waals surface area contributed by atoms with Crippen molar-refractivity contribution in [2.45, 2.75) is 25.9 Å². The molecule has 3 nitrogen and oxygen atoms in total. The predicted octanol–water partition coefficient (Wildman–Crippen LogP) is 1.60. The number of hydrogen-bond acceptors (Lipinski definition) is 4. The molecule has 0 amide bonds. The standard InChI is InChI=1S/C10H14O3S/c1-2-13-10(12)9(11)6-5-8-4-3-7-14-8/h3-4,7,9,11H,2,5-6H2,1H3. The second-order valence-corrected chi connectivity index (χ2v) is 3.92. The van der Waals surface area contributed by atoms with Crippen molar-refractivity contribution in [3.8, 4) is 0 Å². The first-order valence-corrected chi connectivity index (χ1v) is 5.49. The third-order valence-corrected chi connectivity index (χ3v) is 2.74. The number of thiophene rings is 1. The Morgan fingerprint density at radius 1 is 1.71 bits per heavy atom. The van der Waals surface area contributed by atoms with E-state index in [9.17, 15) is 9.90 Å². The first-order valence-electron chi connectivity index (χ1n) is 4.61. The zero-order valence-corrected chi connectivity index (χ0v) is 8.92. The number of carbonyl (C=O) groups excluding carboxylic acids is 1. The Balaban J connectivity index is 2.27. The third-order valence-electron chi connectivity index (χ3n) is 1.80. The summed E-state index contributed by atoms with van der Waals surface area (Å²) >= 11 is 1.63. The molecule has 0 aliphatic carbocycles. The average Bonchev–Trinajstić information content (AvgIpc) is 2.67. The summed E-state index contributed by atoms with van der Waals surface area (Å²) in [6, 6.07) is 3.94. The van der Waals surface area contributed by atoms with Gasteiger partial charge < -0.3 is 9.84 Å². The van der Waals surface area contributed by atoms with E-state index in [0.29, 0.717) is 13.0 Å². The molecule has 1 aromatic rings. The Kier molecular flexibility index (Phi) is 4.62. The van der Waals surface area contributed by atoms with Gasteiger partial charge in [-0.3, -0.25) is 0 Å². The van der Waals surface area contributed by atoms with Gasteiger partial charge in [-0.05, 0) is 31.2 Å². The van der Waals surface area contributed by atoms with Crippen molar-refractivity contribution in [3.05, 3.63) is 22.4 Å². The number of aliphatic hydroxyl groups excluding tert-OH is 1. The monoisotopic (exact) mass is 214 g/mol. The highest BCUT2D eigenvalue weighted by Gasteiger charge is 2.15. The maximum Gasteiger partial charge on any atom is 0.334 e. The van der Waals surface area contributed by atoms with E-state index in [2.05, 4.69) is 4.74 Å². The molecule has 1 heterocycles. The van der Waals surface area contributed by atoms with E-state index >= 15 is 0 Å². The van der Waals surface area contributed by atoms with Crippen LogP contribution in [0.4, 0.5) is 0 Å². The van der Waals surface area contributed by atoms with Crippen molar-refractivity contribution in [2.24, 2.45) is 0 Å². The third kappa shape index (κ3) is 3.47. The Bertz CT molecular complexity index is 269. The van der Waals surface area contributed by atoms with Crippen molar-refractivity contribution in [1.82, 2.24) is 0 Å². The van der Waals surface area contributed by atoms with Crippen LogP contribution in [0.25, 0.3) is 0 Å². The molecule has 0 radical (unpaired) electrons. The Morgan fingerprint density at radius 3 is 3.07 bits per heavy atom. The lowest BCUT2D eigenvalue weighted by atomic mass is 10.2. The molecule has 1 N–H and O–H groups in total. The van der Waals surface area contributed by atoms with Crippen molar-refractivity contribution >= 4 is 17.3 Å². The van der Waals surface area contributed by atoms with E-state index in [1.165, 1.54) is 4.88 Å². The molecule has 0 fully saturated rings. The lowest BCUT2D eigenvalue weighted by molar-refractivity contribution is -0.153. The molecule has 4 heteroatoms. The summed E-state index contributed by atoms with van der Waals surface area (Å²) in [6.45, 7) is 2.04. The zero-order valence-electron chi connectivity index (χ0n) is 8.10. The van der Waals surface area contributed by atoms with Crippen LogP contribution in [0.5, 0.6) is 0 Å². The van der Waals surface area contributed by atoms with Crippen molar-refractivity contribution < 1.29 is 14.6 Å². The fourth-order valence-electron chi connectivity index (χ4n) is 1.09. The summed E-state index contributed by atoms with van der Waals surface area (Å²) in [6.07, 6.45) is 0.161. The molecule has 0 bridgehead atoms. The van der Waals surface area contributed by atoms with E-state index in [0.717, 1.165) is 6.42 Å². The Morgan fingerprint density at radius 2 is 2.50 bits per heavy atom. The van der Waals surface area contributed by atoms with Gasteiger partial charge in [-0.2, -0.15) is 0 Å². The van der Waals surface area contributed by atoms with E-state index in [-0.39, 0.29) is 0 Å². The Labute approximate surface area is 87.3 Å². The van der Waals surface area contributed by atoms with Crippen LogP contribution >= 0.6 is 11.3 Å². The molecule has 14 heavy (non-hydrogen) atoms. The van der Waals surface area contributed by atoms with E-state index in [4.69, 9.17) is 0 Å². The number of rotatable bonds is 5. The number of ether oxygens (including phenoxy) is 1. The normalized spacial score (nSPS) is 12.4. The van der Waals surface area contributed by atoms with Gasteiger partial charge in [-0.25, -0.2) is 4.79 Å². The summed E-state index contributed by atoms with van der Waals surface area (Å²) < 4.78 is 4.69. The summed E-state index contributed by atoms with van der Waals surface area (Å²) in [5.74, 6) is -0.524. The molecule has 1 aromatic heterocycles. The predicted molar refractivity (Wildman–Crippen MR) is 55.3 cm³/mol. The quantitative estimate of drug-likeness (QED) is 0.757. The van der Waals surface area contributed by atoms with Gasteiger partial charge in [0.05, 0.1) is 6.61 Å². The molecule has 1 atom stereocenters. The SMILES string of the molecule is CCOC(=O)C(O)CCc1cccs1. The molecule has 0 saturated carbocycles. The highest BCUT2D eigenvalue weighted by Crippen LogP contribution is 2.12.